The molecule has 0 heterocycles. The smallest absolute Gasteiger partial charge is 0.381 e. The number of rotatable bonds is 9. The van der Waals surface area contributed by atoms with Gasteiger partial charge < -0.3 is 20.3 Å². The Bertz CT molecular complexity index is 800. The summed E-state index contributed by atoms with van der Waals surface area (Å²) in [5.41, 5.74) is 9.28. The first-order valence-electron chi connectivity index (χ1n) is 10.7. The van der Waals surface area contributed by atoms with Crippen LogP contribution in [-0.2, 0) is 26.7 Å². The molecule has 4 N–H and O–H groups in total. The quantitative estimate of drug-likeness (QED) is 0.373. The Labute approximate surface area is 180 Å². The molecule has 0 aliphatic heterocycles. The number of alkyl halides is 3. The van der Waals surface area contributed by atoms with Crippen LogP contribution >= 0.6 is 7.82 Å². The maximum atomic E-state index is 12.2. The normalized spacial score (nSPS) is 26.8. The maximum Gasteiger partial charge on any atom is 0.469 e. The van der Waals surface area contributed by atoms with Crippen molar-refractivity contribution in [1.82, 2.24) is 0 Å². The Balaban J connectivity index is 1.48. The highest BCUT2D eigenvalue weighted by Gasteiger charge is 2.38. The Hall–Kier alpha value is -0.960. The van der Waals surface area contributed by atoms with Crippen molar-refractivity contribution in [3.05, 3.63) is 34.9 Å². The first kappa shape index (κ1) is 24.7. The zero-order valence-corrected chi connectivity index (χ0v) is 18.3. The van der Waals surface area contributed by atoms with Crippen molar-refractivity contribution in [1.29, 1.82) is 0 Å². The zero-order valence-electron chi connectivity index (χ0n) is 17.4. The van der Waals surface area contributed by atoms with E-state index in [-0.39, 0.29) is 25.6 Å². The third kappa shape index (κ3) is 7.84. The summed E-state index contributed by atoms with van der Waals surface area (Å²) in [6.07, 6.45) is -0.133. The van der Waals surface area contributed by atoms with E-state index in [0.29, 0.717) is 25.4 Å². The largest absolute Gasteiger partial charge is 0.469 e. The molecule has 10 heteroatoms. The second-order valence-electron chi connectivity index (χ2n) is 9.00. The van der Waals surface area contributed by atoms with E-state index in [4.69, 9.17) is 20.3 Å². The fourth-order valence-electron chi connectivity index (χ4n) is 4.66. The first-order valence-corrected chi connectivity index (χ1v) is 12.2. The van der Waals surface area contributed by atoms with Crippen LogP contribution < -0.4 is 5.73 Å². The lowest BCUT2D eigenvalue weighted by molar-refractivity contribution is -0.138. The summed E-state index contributed by atoms with van der Waals surface area (Å²) in [6.45, 7) is 0.455. The Kier molecular flexibility index (Phi) is 7.88. The average molecular weight is 465 g/mol. The van der Waals surface area contributed by atoms with Gasteiger partial charge in [-0.15, -0.1) is 0 Å². The Morgan fingerprint density at radius 2 is 2.00 bits per heavy atom. The number of halogens is 3. The predicted molar refractivity (Wildman–Crippen MR) is 110 cm³/mol. The monoisotopic (exact) mass is 465 g/mol. The molecule has 0 radical (unpaired) electrons. The molecule has 2 aliphatic rings. The highest BCUT2D eigenvalue weighted by molar-refractivity contribution is 7.46. The van der Waals surface area contributed by atoms with Gasteiger partial charge in [-0.05, 0) is 73.5 Å². The van der Waals surface area contributed by atoms with Crippen LogP contribution in [0.5, 0.6) is 0 Å². The maximum absolute atomic E-state index is 12.2. The summed E-state index contributed by atoms with van der Waals surface area (Å²) in [5, 5.41) is 0. The molecular weight excluding hydrogens is 434 g/mol. The van der Waals surface area contributed by atoms with Crippen molar-refractivity contribution in [3.63, 3.8) is 0 Å². The van der Waals surface area contributed by atoms with Crippen LogP contribution in [0.2, 0.25) is 0 Å². The summed E-state index contributed by atoms with van der Waals surface area (Å²) in [5.74, 6) is 0.544. The van der Waals surface area contributed by atoms with Crippen LogP contribution in [0.4, 0.5) is 13.2 Å². The molecule has 2 aliphatic carbocycles. The number of aryl methyl sites for hydroxylation is 1. The molecule has 6 nitrogen and oxygen atoms in total. The van der Waals surface area contributed by atoms with E-state index in [1.54, 1.807) is 0 Å². The molecule has 176 valence electrons. The van der Waals surface area contributed by atoms with E-state index in [1.807, 2.05) is 0 Å². The van der Waals surface area contributed by atoms with Gasteiger partial charge in [-0.3, -0.25) is 4.52 Å². The summed E-state index contributed by atoms with van der Waals surface area (Å²) in [7, 11) is -4.53. The molecule has 3 rings (SSSR count). The molecule has 0 amide bonds. The molecule has 0 aromatic heterocycles. The van der Waals surface area contributed by atoms with Gasteiger partial charge in [0.05, 0.1) is 6.61 Å². The van der Waals surface area contributed by atoms with Gasteiger partial charge in [-0.25, -0.2) is 4.57 Å². The van der Waals surface area contributed by atoms with Crippen LogP contribution in [0.15, 0.2) is 18.2 Å². The molecule has 0 spiro atoms. The number of nitrogens with two attached hydrogens (primary N) is 1. The number of benzene rings is 1. The predicted octanol–water partition coefficient (Wildman–Crippen LogP) is 4.22. The van der Waals surface area contributed by atoms with Gasteiger partial charge in [0, 0.05) is 25.2 Å². The number of hydrogen-bond donors (Lipinski definition) is 3. The second kappa shape index (κ2) is 9.89. The minimum Gasteiger partial charge on any atom is -0.381 e. The summed E-state index contributed by atoms with van der Waals surface area (Å²) in [4.78, 5) is 17.8. The lowest BCUT2D eigenvalue weighted by Crippen LogP contribution is -2.41. The number of fused-ring (bicyclic) bond motifs is 1. The van der Waals surface area contributed by atoms with E-state index < -0.39 is 26.0 Å². The Morgan fingerprint density at radius 1 is 1.23 bits per heavy atom. The Morgan fingerprint density at radius 3 is 2.71 bits per heavy atom. The van der Waals surface area contributed by atoms with E-state index in [1.165, 1.54) is 16.7 Å². The highest BCUT2D eigenvalue weighted by Crippen LogP contribution is 2.44. The van der Waals surface area contributed by atoms with Crippen LogP contribution in [0.25, 0.3) is 0 Å². The van der Waals surface area contributed by atoms with Gasteiger partial charge in [-0.2, -0.15) is 13.2 Å². The molecule has 1 fully saturated rings. The number of phosphoric acid groups is 1. The topological polar surface area (TPSA) is 102 Å². The molecule has 3 atom stereocenters. The highest BCUT2D eigenvalue weighted by atomic mass is 31.2. The average Bonchev–Trinajstić information content (AvgIpc) is 3.07. The molecule has 0 unspecified atom stereocenters. The van der Waals surface area contributed by atoms with Crippen molar-refractivity contribution < 1.29 is 36.8 Å². The fraction of sp³-hybridized carbons (Fsp3) is 0.714. The van der Waals surface area contributed by atoms with Crippen LogP contribution in [0, 0.1) is 5.92 Å². The summed E-state index contributed by atoms with van der Waals surface area (Å²) < 4.78 is 57.6. The number of ether oxygens (including phenoxy) is 1. The van der Waals surface area contributed by atoms with Gasteiger partial charge in [0.2, 0.25) is 0 Å². The second-order valence-corrected chi connectivity index (χ2v) is 10.2. The van der Waals surface area contributed by atoms with Gasteiger partial charge in [0.1, 0.15) is 0 Å². The van der Waals surface area contributed by atoms with Gasteiger partial charge >= 0.3 is 14.0 Å². The summed E-state index contributed by atoms with van der Waals surface area (Å²) >= 11 is 0. The van der Waals surface area contributed by atoms with Crippen molar-refractivity contribution in [2.45, 2.75) is 69.0 Å². The van der Waals surface area contributed by atoms with Gasteiger partial charge in [0.15, 0.2) is 0 Å². The fourth-order valence-corrected chi connectivity index (χ4v) is 5.08. The van der Waals surface area contributed by atoms with Crippen LogP contribution in [0.1, 0.15) is 61.1 Å². The van der Waals surface area contributed by atoms with E-state index >= 15 is 0 Å². The molecule has 1 aromatic carbocycles. The first-order chi connectivity index (χ1) is 14.4. The van der Waals surface area contributed by atoms with Crippen LogP contribution in [-0.4, -0.2) is 41.3 Å². The minimum atomic E-state index is -4.53. The standard InChI is InChI=1S/C21H31F3NO5P/c22-21(23,24)7-1-9-29-13-15-2-3-17-11-18(5-4-16(17)10-15)19-6-8-20(25,12-19)14-30-31(26,27)28/h4-5,11,15,19H,1-3,6-10,12-14,25H2,(H2,26,27,28)/t15-,19+,20-/m1/s1. The molecule has 1 saturated carbocycles. The SMILES string of the molecule is N[C@]1(COP(=O)(O)O)CC[C@H](c2ccc3c(c2)CC[C@@H](COCCCC(F)(F)F)C3)C1. The number of phosphoric ester groups is 1. The van der Waals surface area contributed by atoms with Gasteiger partial charge in [0.25, 0.3) is 0 Å². The van der Waals surface area contributed by atoms with Crippen molar-refractivity contribution in [2.75, 3.05) is 19.8 Å². The van der Waals surface area contributed by atoms with Crippen molar-refractivity contribution >= 4 is 7.82 Å². The molecule has 1 aromatic rings. The zero-order chi connectivity index (χ0) is 22.7. The third-order valence-electron chi connectivity index (χ3n) is 6.30. The molecular formula is C21H31F3NO5P. The van der Waals surface area contributed by atoms with E-state index in [2.05, 4.69) is 22.7 Å². The van der Waals surface area contributed by atoms with Crippen molar-refractivity contribution in [3.8, 4) is 0 Å². The molecule has 0 bridgehead atoms. The van der Waals surface area contributed by atoms with Crippen LogP contribution in [0.3, 0.4) is 0 Å². The lowest BCUT2D eigenvalue weighted by atomic mass is 9.82. The molecule has 31 heavy (non-hydrogen) atoms. The van der Waals surface area contributed by atoms with E-state index in [0.717, 1.165) is 25.7 Å². The lowest BCUT2D eigenvalue weighted by Gasteiger charge is -2.26. The van der Waals surface area contributed by atoms with Crippen molar-refractivity contribution in [2.24, 2.45) is 11.7 Å². The third-order valence-corrected chi connectivity index (χ3v) is 6.76. The minimum absolute atomic E-state index is 0.000606. The van der Waals surface area contributed by atoms with E-state index in [9.17, 15) is 17.7 Å². The summed E-state index contributed by atoms with van der Waals surface area (Å²) in [6, 6.07) is 6.41. The van der Waals surface area contributed by atoms with Gasteiger partial charge in [-0.1, -0.05) is 18.2 Å². The number of hydrogen-bond acceptors (Lipinski definition) is 4. The molecule has 0 saturated heterocycles.